The molecule has 0 bridgehead atoms. The summed E-state index contributed by atoms with van der Waals surface area (Å²) in [6.45, 7) is 0.670. The van der Waals surface area contributed by atoms with Crippen molar-refractivity contribution in [2.24, 2.45) is 10.9 Å². The van der Waals surface area contributed by atoms with Gasteiger partial charge in [-0.15, -0.1) is 0 Å². The predicted molar refractivity (Wildman–Crippen MR) is 96.9 cm³/mol. The van der Waals surface area contributed by atoms with Crippen molar-refractivity contribution < 1.29 is 0 Å². The van der Waals surface area contributed by atoms with Crippen LogP contribution in [-0.2, 0) is 0 Å². The average molecular weight is 318 g/mol. The Kier molecular flexibility index (Phi) is 3.70. The number of aromatic amines is 1. The van der Waals surface area contributed by atoms with E-state index in [-0.39, 0.29) is 6.04 Å². The fraction of sp³-hybridized carbons (Fsp3) is 0.167. The minimum atomic E-state index is 0.228. The number of pyridine rings is 1. The number of rotatable bonds is 4. The number of nitrogen functional groups attached to an aromatic ring is 1. The monoisotopic (exact) mass is 318 g/mol. The van der Waals surface area contributed by atoms with Crippen LogP contribution in [0.15, 0.2) is 65.5 Å². The van der Waals surface area contributed by atoms with Gasteiger partial charge < -0.3 is 11.1 Å². The van der Waals surface area contributed by atoms with Crippen LogP contribution < -0.4 is 11.1 Å². The van der Waals surface area contributed by atoms with Crippen LogP contribution in [0.5, 0.6) is 0 Å². The quantitative estimate of drug-likeness (QED) is 0.808. The van der Waals surface area contributed by atoms with Gasteiger partial charge in [0.25, 0.3) is 0 Å². The van der Waals surface area contributed by atoms with Crippen molar-refractivity contribution in [3.05, 3.63) is 60.5 Å². The minimum absolute atomic E-state index is 0.228. The smallest absolute Gasteiger partial charge is 0.150 e. The van der Waals surface area contributed by atoms with Gasteiger partial charge in [0.1, 0.15) is 5.82 Å². The Morgan fingerprint density at radius 3 is 3.08 bits per heavy atom. The van der Waals surface area contributed by atoms with E-state index in [1.807, 2.05) is 30.6 Å². The van der Waals surface area contributed by atoms with Gasteiger partial charge in [-0.2, -0.15) is 5.10 Å². The Balaban J connectivity index is 1.49. The number of nitrogens with one attached hydrogen (secondary N) is 2. The number of H-pyrrole nitrogens is 1. The van der Waals surface area contributed by atoms with Crippen LogP contribution in [0.2, 0.25) is 0 Å². The van der Waals surface area contributed by atoms with E-state index in [9.17, 15) is 0 Å². The molecule has 4 rings (SSSR count). The highest BCUT2D eigenvalue weighted by molar-refractivity contribution is 5.73. The van der Waals surface area contributed by atoms with Crippen LogP contribution in [0.1, 0.15) is 0 Å². The van der Waals surface area contributed by atoms with Gasteiger partial charge in [-0.1, -0.05) is 24.3 Å². The lowest BCUT2D eigenvalue weighted by molar-refractivity contribution is 0.676. The number of allylic oxidation sites excluding steroid dienone is 1. The van der Waals surface area contributed by atoms with Crippen LogP contribution in [-0.4, -0.2) is 34.0 Å². The lowest BCUT2D eigenvalue weighted by atomic mass is 9.90. The van der Waals surface area contributed by atoms with Gasteiger partial charge in [0, 0.05) is 30.4 Å². The number of aromatic nitrogens is 3. The van der Waals surface area contributed by atoms with Gasteiger partial charge in [-0.3, -0.25) is 10.1 Å². The largest absolute Gasteiger partial charge is 0.396 e. The Morgan fingerprint density at radius 2 is 2.21 bits per heavy atom. The minimum Gasteiger partial charge on any atom is -0.396 e. The fourth-order valence-corrected chi connectivity index (χ4v) is 2.86. The van der Waals surface area contributed by atoms with Crippen molar-refractivity contribution in [1.82, 2.24) is 15.2 Å². The zero-order valence-electron chi connectivity index (χ0n) is 13.1. The second-order valence-corrected chi connectivity index (χ2v) is 5.83. The van der Waals surface area contributed by atoms with Gasteiger partial charge in [0.05, 0.1) is 23.6 Å². The van der Waals surface area contributed by atoms with E-state index in [1.54, 1.807) is 6.20 Å². The number of nitrogens with two attached hydrogens (primary N) is 1. The Labute approximate surface area is 139 Å². The van der Waals surface area contributed by atoms with Crippen molar-refractivity contribution >= 4 is 17.7 Å². The van der Waals surface area contributed by atoms with E-state index in [2.05, 4.69) is 49.8 Å². The van der Waals surface area contributed by atoms with Gasteiger partial charge >= 0.3 is 0 Å². The molecule has 0 saturated carbocycles. The highest BCUT2D eigenvalue weighted by Crippen LogP contribution is 2.25. The summed E-state index contributed by atoms with van der Waals surface area (Å²) in [5.41, 5.74) is 9.64. The third-order valence-corrected chi connectivity index (χ3v) is 4.17. The van der Waals surface area contributed by atoms with Gasteiger partial charge in [-0.05, 0) is 23.8 Å². The normalized spacial score (nSPS) is 21.4. The summed E-state index contributed by atoms with van der Waals surface area (Å²) in [5, 5.41) is 10.1. The van der Waals surface area contributed by atoms with Crippen molar-refractivity contribution in [3.63, 3.8) is 0 Å². The van der Waals surface area contributed by atoms with Crippen LogP contribution in [0.4, 0.5) is 11.5 Å². The Hall–Kier alpha value is -3.15. The third-order valence-electron chi connectivity index (χ3n) is 4.17. The summed E-state index contributed by atoms with van der Waals surface area (Å²) in [6, 6.07) is 3.98. The molecule has 1 aliphatic carbocycles. The molecular formula is C18H18N6. The molecule has 120 valence electrons. The molecule has 2 aromatic rings. The predicted octanol–water partition coefficient (Wildman–Crippen LogP) is 2.59. The number of aliphatic imine (C=N–C) groups is 1. The first-order valence-electron chi connectivity index (χ1n) is 7.88. The third kappa shape index (κ3) is 2.86. The van der Waals surface area contributed by atoms with E-state index >= 15 is 0 Å². The van der Waals surface area contributed by atoms with E-state index < -0.39 is 0 Å². The number of anilines is 2. The van der Waals surface area contributed by atoms with E-state index in [0.717, 1.165) is 11.3 Å². The standard InChI is InChI=1S/C18H18N6/c19-15-4-6-17(14-10-22-23-11-14)24-18(15)21-9-12-3-5-16-13(8-12)2-1-7-20-16/h1-8,10-11,13,16H,9,19H2,(H,21,24)(H,22,23). The molecule has 4 N–H and O–H groups in total. The molecule has 0 radical (unpaired) electrons. The van der Waals surface area contributed by atoms with E-state index in [0.29, 0.717) is 24.0 Å². The summed E-state index contributed by atoms with van der Waals surface area (Å²) in [7, 11) is 0. The molecule has 2 aromatic heterocycles. The molecule has 0 spiro atoms. The molecule has 2 aliphatic rings. The first-order valence-corrected chi connectivity index (χ1v) is 7.88. The molecule has 0 fully saturated rings. The molecule has 0 saturated heterocycles. The number of hydrogen-bond acceptors (Lipinski definition) is 5. The maximum absolute atomic E-state index is 6.05. The van der Waals surface area contributed by atoms with Gasteiger partial charge in [-0.25, -0.2) is 4.98 Å². The van der Waals surface area contributed by atoms with Crippen LogP contribution in [0.25, 0.3) is 11.3 Å². The summed E-state index contributed by atoms with van der Waals surface area (Å²) < 4.78 is 0. The SMILES string of the molecule is Nc1ccc(-c2cn[nH]c2)nc1NCC1=CC2C=CC=NC2C=C1. The maximum atomic E-state index is 6.05. The first kappa shape index (κ1) is 14.4. The van der Waals surface area contributed by atoms with Crippen LogP contribution in [0, 0.1) is 5.92 Å². The zero-order valence-corrected chi connectivity index (χ0v) is 13.1. The van der Waals surface area contributed by atoms with Crippen molar-refractivity contribution in [2.75, 3.05) is 17.6 Å². The van der Waals surface area contributed by atoms with Crippen molar-refractivity contribution in [1.29, 1.82) is 0 Å². The zero-order chi connectivity index (χ0) is 16.4. The van der Waals surface area contributed by atoms with E-state index in [1.165, 1.54) is 5.57 Å². The number of hydrogen-bond donors (Lipinski definition) is 3. The molecule has 24 heavy (non-hydrogen) atoms. The van der Waals surface area contributed by atoms with E-state index in [4.69, 9.17) is 5.73 Å². The van der Waals surface area contributed by atoms with Crippen molar-refractivity contribution in [3.8, 4) is 11.3 Å². The highest BCUT2D eigenvalue weighted by atomic mass is 15.1. The topological polar surface area (TPSA) is 92.0 Å². The average Bonchev–Trinajstić information content (AvgIpc) is 3.15. The number of nitrogens with zero attached hydrogens (tertiary/aromatic N) is 3. The molecule has 3 heterocycles. The Morgan fingerprint density at radius 1 is 1.25 bits per heavy atom. The molecule has 0 aromatic carbocycles. The molecule has 6 nitrogen and oxygen atoms in total. The first-order chi connectivity index (χ1) is 11.8. The molecule has 1 aliphatic heterocycles. The fourth-order valence-electron chi connectivity index (χ4n) is 2.86. The van der Waals surface area contributed by atoms with Gasteiger partial charge in [0.15, 0.2) is 0 Å². The Bertz CT molecular complexity index is 844. The van der Waals surface area contributed by atoms with Crippen LogP contribution in [0.3, 0.4) is 0 Å². The molecule has 2 atom stereocenters. The summed E-state index contributed by atoms with van der Waals surface area (Å²) in [6.07, 6.45) is 16.1. The maximum Gasteiger partial charge on any atom is 0.150 e. The molecule has 6 heteroatoms. The number of fused-ring (bicyclic) bond motifs is 1. The second kappa shape index (κ2) is 6.16. The molecule has 2 unspecified atom stereocenters. The molecular weight excluding hydrogens is 300 g/mol. The van der Waals surface area contributed by atoms with Crippen molar-refractivity contribution in [2.45, 2.75) is 6.04 Å². The summed E-state index contributed by atoms with van der Waals surface area (Å²) >= 11 is 0. The lowest BCUT2D eigenvalue weighted by Crippen LogP contribution is -2.20. The lowest BCUT2D eigenvalue weighted by Gasteiger charge is -2.22. The van der Waals surface area contributed by atoms with Crippen LogP contribution >= 0.6 is 0 Å². The summed E-state index contributed by atoms with van der Waals surface area (Å²) in [4.78, 5) is 9.05. The second-order valence-electron chi connectivity index (χ2n) is 5.83. The van der Waals surface area contributed by atoms with Gasteiger partial charge in [0.2, 0.25) is 0 Å². The summed E-state index contributed by atoms with van der Waals surface area (Å²) in [5.74, 6) is 1.02. The molecule has 0 amide bonds. The number of dihydropyridines is 1. The highest BCUT2D eigenvalue weighted by Gasteiger charge is 2.19.